The topological polar surface area (TPSA) is 75.0 Å². The average Bonchev–Trinajstić information content (AvgIpc) is 2.88. The van der Waals surface area contributed by atoms with Crippen molar-refractivity contribution in [3.8, 4) is 11.1 Å². The van der Waals surface area contributed by atoms with Gasteiger partial charge in [-0.3, -0.25) is 9.36 Å². The number of carbonyl (C=O) groups excluding carboxylic acids is 1. The first-order valence-electron chi connectivity index (χ1n) is 7.31. The molecule has 0 spiro atoms. The van der Waals surface area contributed by atoms with Gasteiger partial charge in [0.05, 0.1) is 23.7 Å². The Morgan fingerprint density at radius 1 is 1.35 bits per heavy atom. The number of benzene rings is 1. The van der Waals surface area contributed by atoms with Gasteiger partial charge in [0.15, 0.2) is 0 Å². The first-order chi connectivity index (χ1) is 11.0. The third-order valence-corrected chi connectivity index (χ3v) is 4.88. The van der Waals surface area contributed by atoms with Crippen LogP contribution in [0.1, 0.15) is 24.3 Å². The molecule has 1 atom stereocenters. The van der Waals surface area contributed by atoms with E-state index in [1.807, 2.05) is 37.3 Å². The molecular weight excluding hydrogens is 312 g/mol. The highest BCUT2D eigenvalue weighted by Crippen LogP contribution is 2.35. The van der Waals surface area contributed by atoms with Crippen molar-refractivity contribution in [2.24, 2.45) is 0 Å². The summed E-state index contributed by atoms with van der Waals surface area (Å²) in [6.07, 6.45) is 1.57. The maximum atomic E-state index is 12.9. The highest BCUT2D eigenvalue weighted by Gasteiger charge is 2.19. The predicted octanol–water partition coefficient (Wildman–Crippen LogP) is 2.13. The van der Waals surface area contributed by atoms with E-state index in [9.17, 15) is 14.7 Å². The van der Waals surface area contributed by atoms with Gasteiger partial charge in [0.1, 0.15) is 4.83 Å². The quantitative estimate of drug-likeness (QED) is 0.736. The zero-order chi connectivity index (χ0) is 16.6. The van der Waals surface area contributed by atoms with Crippen molar-refractivity contribution in [3.05, 3.63) is 51.9 Å². The molecule has 0 aliphatic rings. The second-order valence-corrected chi connectivity index (χ2v) is 6.48. The maximum Gasteiger partial charge on any atom is 0.263 e. The van der Waals surface area contributed by atoms with E-state index >= 15 is 0 Å². The predicted molar refractivity (Wildman–Crippen MR) is 88.4 cm³/mol. The fourth-order valence-electron chi connectivity index (χ4n) is 2.77. The van der Waals surface area contributed by atoms with E-state index in [1.165, 1.54) is 17.7 Å². The van der Waals surface area contributed by atoms with Crippen LogP contribution in [0.25, 0.3) is 21.3 Å². The minimum Gasteiger partial charge on any atom is -0.548 e. The van der Waals surface area contributed by atoms with Crippen LogP contribution in [-0.2, 0) is 4.79 Å². The molecule has 0 amide bonds. The van der Waals surface area contributed by atoms with Gasteiger partial charge in [-0.25, -0.2) is 4.98 Å². The number of hydrogen-bond acceptors (Lipinski definition) is 5. The first kappa shape index (κ1) is 15.4. The summed E-state index contributed by atoms with van der Waals surface area (Å²) in [6.45, 7) is 3.64. The summed E-state index contributed by atoms with van der Waals surface area (Å²) in [7, 11) is 0. The maximum absolute atomic E-state index is 12.9. The van der Waals surface area contributed by atoms with Crippen molar-refractivity contribution >= 4 is 27.5 Å². The Labute approximate surface area is 136 Å². The summed E-state index contributed by atoms with van der Waals surface area (Å²) >= 11 is 1.44. The molecule has 2 heterocycles. The van der Waals surface area contributed by atoms with Gasteiger partial charge in [-0.1, -0.05) is 37.3 Å². The number of nitrogens with zero attached hydrogens (tertiary/aromatic N) is 2. The summed E-state index contributed by atoms with van der Waals surface area (Å²) in [5.74, 6) is -1.27. The number of carboxylic acids is 1. The molecule has 3 aromatic rings. The molecule has 0 saturated heterocycles. The number of rotatable bonds is 4. The molecule has 0 aliphatic carbocycles. The third-order valence-electron chi connectivity index (χ3n) is 3.87. The van der Waals surface area contributed by atoms with Crippen LogP contribution in [0.5, 0.6) is 0 Å². The van der Waals surface area contributed by atoms with Crippen LogP contribution in [0.2, 0.25) is 0 Å². The molecule has 0 bridgehead atoms. The van der Waals surface area contributed by atoms with Crippen LogP contribution < -0.4 is 10.7 Å². The molecule has 3 rings (SSSR count). The number of aromatic nitrogens is 2. The van der Waals surface area contributed by atoms with Gasteiger partial charge in [0, 0.05) is 10.4 Å². The molecule has 0 aliphatic heterocycles. The van der Waals surface area contributed by atoms with E-state index < -0.39 is 12.0 Å². The minimum absolute atomic E-state index is 0.263. The minimum atomic E-state index is -1.27. The zero-order valence-electron chi connectivity index (χ0n) is 12.8. The number of fused-ring (bicyclic) bond motifs is 1. The Hall–Kier alpha value is -2.47. The van der Waals surface area contributed by atoms with Crippen LogP contribution in [-0.4, -0.2) is 15.5 Å². The van der Waals surface area contributed by atoms with Crippen LogP contribution >= 0.6 is 11.3 Å². The summed E-state index contributed by atoms with van der Waals surface area (Å²) in [5.41, 5.74) is 1.41. The van der Waals surface area contributed by atoms with Gasteiger partial charge in [-0.05, 0) is 18.9 Å². The van der Waals surface area contributed by atoms with Crippen LogP contribution in [0.15, 0.2) is 41.5 Å². The van der Waals surface area contributed by atoms with Crippen molar-refractivity contribution in [3.63, 3.8) is 0 Å². The van der Waals surface area contributed by atoms with E-state index in [1.54, 1.807) is 6.92 Å². The van der Waals surface area contributed by atoms with E-state index in [0.717, 1.165) is 20.6 Å². The number of hydrogen-bond donors (Lipinski definition) is 0. The molecular formula is C17H15N2O3S-. The molecule has 0 saturated carbocycles. The lowest BCUT2D eigenvalue weighted by Crippen LogP contribution is -2.37. The molecule has 1 aromatic carbocycles. The number of carbonyl (C=O) groups is 1. The lowest BCUT2D eigenvalue weighted by Gasteiger charge is -2.18. The molecule has 0 fully saturated rings. The average molecular weight is 327 g/mol. The van der Waals surface area contributed by atoms with E-state index in [4.69, 9.17) is 0 Å². The van der Waals surface area contributed by atoms with Crippen LogP contribution in [0, 0.1) is 6.92 Å². The zero-order valence-corrected chi connectivity index (χ0v) is 13.6. The van der Waals surface area contributed by atoms with Crippen molar-refractivity contribution in [2.45, 2.75) is 26.3 Å². The molecule has 118 valence electrons. The van der Waals surface area contributed by atoms with E-state index in [0.29, 0.717) is 10.2 Å². The Balaban J connectivity index is 2.33. The number of thiophene rings is 1. The standard InChI is InChI=1S/C17H16N2O3S/c1-3-12(17(21)22)19-9-18-15-14(16(19)20)13(10(2)23-15)11-7-5-4-6-8-11/h4-9,12H,3H2,1-2H3,(H,21,22)/p-1/t12-/m1/s1. The van der Waals surface area contributed by atoms with Crippen molar-refractivity contribution in [1.29, 1.82) is 0 Å². The second kappa shape index (κ2) is 5.96. The molecule has 0 unspecified atom stereocenters. The van der Waals surface area contributed by atoms with Crippen molar-refractivity contribution in [2.75, 3.05) is 0 Å². The Morgan fingerprint density at radius 2 is 2.04 bits per heavy atom. The fraction of sp³-hybridized carbons (Fsp3) is 0.235. The fourth-order valence-corrected chi connectivity index (χ4v) is 3.77. The smallest absolute Gasteiger partial charge is 0.263 e. The van der Waals surface area contributed by atoms with Gasteiger partial charge in [-0.15, -0.1) is 11.3 Å². The monoisotopic (exact) mass is 327 g/mol. The van der Waals surface area contributed by atoms with Gasteiger partial charge < -0.3 is 9.90 Å². The van der Waals surface area contributed by atoms with Gasteiger partial charge in [0.2, 0.25) is 0 Å². The van der Waals surface area contributed by atoms with Crippen LogP contribution in [0.3, 0.4) is 0 Å². The number of aryl methyl sites for hydroxylation is 1. The number of aliphatic carboxylic acids is 1. The molecule has 5 nitrogen and oxygen atoms in total. The van der Waals surface area contributed by atoms with Gasteiger partial charge >= 0.3 is 0 Å². The molecule has 0 N–H and O–H groups in total. The molecule has 2 aromatic heterocycles. The molecule has 6 heteroatoms. The highest BCUT2D eigenvalue weighted by atomic mass is 32.1. The molecule has 0 radical (unpaired) electrons. The lowest BCUT2D eigenvalue weighted by molar-refractivity contribution is -0.310. The lowest BCUT2D eigenvalue weighted by atomic mass is 10.0. The van der Waals surface area contributed by atoms with Gasteiger partial charge in [0.25, 0.3) is 5.56 Å². The largest absolute Gasteiger partial charge is 0.548 e. The molecule has 23 heavy (non-hydrogen) atoms. The van der Waals surface area contributed by atoms with E-state index in [2.05, 4.69) is 4.98 Å². The summed E-state index contributed by atoms with van der Waals surface area (Å²) in [6, 6.07) is 8.57. The second-order valence-electron chi connectivity index (χ2n) is 5.28. The van der Waals surface area contributed by atoms with Crippen molar-refractivity contribution in [1.82, 2.24) is 9.55 Å². The van der Waals surface area contributed by atoms with Crippen molar-refractivity contribution < 1.29 is 9.90 Å². The summed E-state index contributed by atoms with van der Waals surface area (Å²) in [5, 5.41) is 11.8. The Kier molecular flexibility index (Phi) is 4.00. The Morgan fingerprint density at radius 3 is 2.65 bits per heavy atom. The summed E-state index contributed by atoms with van der Waals surface area (Å²) in [4.78, 5) is 30.1. The van der Waals surface area contributed by atoms with Gasteiger partial charge in [-0.2, -0.15) is 0 Å². The summed E-state index contributed by atoms with van der Waals surface area (Å²) < 4.78 is 1.16. The highest BCUT2D eigenvalue weighted by molar-refractivity contribution is 7.19. The van der Waals surface area contributed by atoms with Crippen LogP contribution in [0.4, 0.5) is 0 Å². The third kappa shape index (κ3) is 2.55. The SMILES string of the molecule is CC[C@H](C(=O)[O-])n1cnc2sc(C)c(-c3ccccc3)c2c1=O. The van der Waals surface area contributed by atoms with E-state index in [-0.39, 0.29) is 12.0 Å². The Bertz CT molecular complexity index is 928. The first-order valence-corrected chi connectivity index (χ1v) is 8.12. The number of carboxylic acid groups (broad SMARTS) is 1. The normalized spacial score (nSPS) is 12.4.